The molecule has 120 valence electrons. The molecule has 0 heterocycles. The number of hydrogen-bond acceptors (Lipinski definition) is 3. The van der Waals surface area contributed by atoms with Gasteiger partial charge in [-0.05, 0) is 42.5 Å². The normalized spacial score (nSPS) is 9.83. The second kappa shape index (κ2) is 8.05. The third-order valence-corrected chi connectivity index (χ3v) is 2.98. The van der Waals surface area contributed by atoms with Crippen LogP contribution in [0.15, 0.2) is 48.5 Å². The number of nitrogens with one attached hydrogen (secondary N) is 3. The Balaban J connectivity index is 1.80. The molecule has 7 heteroatoms. The summed E-state index contributed by atoms with van der Waals surface area (Å²) in [5.41, 5.74) is 1.16. The number of carbonyl (C=O) groups is 2. The van der Waals surface area contributed by atoms with E-state index in [1.165, 1.54) is 6.92 Å². The van der Waals surface area contributed by atoms with Crippen molar-refractivity contribution in [2.24, 2.45) is 0 Å². The fourth-order valence-corrected chi connectivity index (χ4v) is 1.90. The standard InChI is InChI=1S/C16H16ClN3O3/c1-11(21)19-13-3-2-4-14(9-13)20-16(22)18-10-23-15-7-5-12(17)6-8-15/h2-9H,10H2,1H3,(H,19,21)(H2,18,20,22). The van der Waals surface area contributed by atoms with Gasteiger partial charge < -0.3 is 20.7 Å². The molecule has 0 atom stereocenters. The van der Waals surface area contributed by atoms with Crippen molar-refractivity contribution in [3.63, 3.8) is 0 Å². The van der Waals surface area contributed by atoms with Crippen LogP contribution >= 0.6 is 11.6 Å². The molecule has 0 aliphatic rings. The Hall–Kier alpha value is -2.73. The van der Waals surface area contributed by atoms with E-state index in [1.54, 1.807) is 48.5 Å². The van der Waals surface area contributed by atoms with Crippen LogP contribution < -0.4 is 20.7 Å². The minimum atomic E-state index is -0.418. The van der Waals surface area contributed by atoms with E-state index in [1.807, 2.05) is 0 Å². The predicted molar refractivity (Wildman–Crippen MR) is 89.8 cm³/mol. The highest BCUT2D eigenvalue weighted by atomic mass is 35.5. The molecule has 0 radical (unpaired) electrons. The Labute approximate surface area is 138 Å². The molecule has 3 amide bonds. The lowest BCUT2D eigenvalue weighted by Crippen LogP contribution is -2.32. The first-order chi connectivity index (χ1) is 11.0. The number of benzene rings is 2. The van der Waals surface area contributed by atoms with Gasteiger partial charge in [0.2, 0.25) is 5.91 Å². The van der Waals surface area contributed by atoms with Gasteiger partial charge in [0.15, 0.2) is 6.73 Å². The molecule has 2 aromatic carbocycles. The lowest BCUT2D eigenvalue weighted by molar-refractivity contribution is -0.114. The summed E-state index contributed by atoms with van der Waals surface area (Å²) in [6.45, 7) is 1.43. The van der Waals surface area contributed by atoms with Crippen molar-refractivity contribution in [1.82, 2.24) is 5.32 Å². The Morgan fingerprint density at radius 1 is 1.04 bits per heavy atom. The molecule has 0 aliphatic carbocycles. The molecule has 2 aromatic rings. The van der Waals surface area contributed by atoms with E-state index in [-0.39, 0.29) is 12.6 Å². The number of halogens is 1. The molecule has 0 saturated carbocycles. The highest BCUT2D eigenvalue weighted by molar-refractivity contribution is 6.30. The van der Waals surface area contributed by atoms with Crippen molar-refractivity contribution in [2.45, 2.75) is 6.92 Å². The minimum Gasteiger partial charge on any atom is -0.473 e. The van der Waals surface area contributed by atoms with Gasteiger partial charge in [-0.1, -0.05) is 17.7 Å². The van der Waals surface area contributed by atoms with Crippen LogP contribution in [0.3, 0.4) is 0 Å². The maximum atomic E-state index is 11.8. The Kier molecular flexibility index (Phi) is 5.82. The largest absolute Gasteiger partial charge is 0.473 e. The first-order valence-electron chi connectivity index (χ1n) is 6.84. The number of urea groups is 1. The number of anilines is 2. The zero-order chi connectivity index (χ0) is 16.7. The number of ether oxygens (including phenoxy) is 1. The van der Waals surface area contributed by atoms with Gasteiger partial charge in [-0.2, -0.15) is 0 Å². The number of amides is 3. The minimum absolute atomic E-state index is 0.0128. The van der Waals surface area contributed by atoms with Crippen molar-refractivity contribution < 1.29 is 14.3 Å². The molecular formula is C16H16ClN3O3. The molecule has 0 spiro atoms. The summed E-state index contributed by atoms with van der Waals surface area (Å²) >= 11 is 5.77. The zero-order valence-electron chi connectivity index (χ0n) is 12.4. The predicted octanol–water partition coefficient (Wildman–Crippen LogP) is 3.46. The third kappa shape index (κ3) is 5.88. The highest BCUT2D eigenvalue weighted by Gasteiger charge is 2.03. The first-order valence-corrected chi connectivity index (χ1v) is 7.21. The Morgan fingerprint density at radius 2 is 1.70 bits per heavy atom. The van der Waals surface area contributed by atoms with Gasteiger partial charge in [-0.3, -0.25) is 4.79 Å². The molecular weight excluding hydrogens is 318 g/mol. The van der Waals surface area contributed by atoms with E-state index in [4.69, 9.17) is 16.3 Å². The summed E-state index contributed by atoms with van der Waals surface area (Å²) in [7, 11) is 0. The van der Waals surface area contributed by atoms with E-state index >= 15 is 0 Å². The van der Waals surface area contributed by atoms with Crippen molar-refractivity contribution >= 4 is 34.9 Å². The first kappa shape index (κ1) is 16.6. The van der Waals surface area contributed by atoms with Crippen LogP contribution in [0.2, 0.25) is 5.02 Å². The highest BCUT2D eigenvalue weighted by Crippen LogP contribution is 2.16. The molecule has 6 nitrogen and oxygen atoms in total. The lowest BCUT2D eigenvalue weighted by Gasteiger charge is -2.10. The Morgan fingerprint density at radius 3 is 2.35 bits per heavy atom. The number of hydrogen-bond donors (Lipinski definition) is 3. The fourth-order valence-electron chi connectivity index (χ4n) is 1.77. The van der Waals surface area contributed by atoms with Gasteiger partial charge in [-0.25, -0.2) is 4.79 Å². The van der Waals surface area contributed by atoms with E-state index in [2.05, 4.69) is 16.0 Å². The second-order valence-corrected chi connectivity index (χ2v) is 5.07. The molecule has 0 bridgehead atoms. The van der Waals surface area contributed by atoms with Crippen molar-refractivity contribution in [1.29, 1.82) is 0 Å². The monoisotopic (exact) mass is 333 g/mol. The van der Waals surface area contributed by atoms with E-state index in [9.17, 15) is 9.59 Å². The van der Waals surface area contributed by atoms with Crippen LogP contribution in [0, 0.1) is 0 Å². The second-order valence-electron chi connectivity index (χ2n) is 4.64. The van der Waals surface area contributed by atoms with Crippen molar-refractivity contribution in [3.8, 4) is 5.75 Å². The number of rotatable bonds is 5. The molecule has 0 aromatic heterocycles. The summed E-state index contributed by atoms with van der Waals surface area (Å²) in [4.78, 5) is 22.8. The maximum Gasteiger partial charge on any atom is 0.321 e. The quantitative estimate of drug-likeness (QED) is 0.733. The van der Waals surface area contributed by atoms with Crippen LogP contribution in [0.5, 0.6) is 5.75 Å². The molecule has 0 fully saturated rings. The average molecular weight is 334 g/mol. The van der Waals surface area contributed by atoms with Crippen LogP contribution in [0.1, 0.15) is 6.92 Å². The lowest BCUT2D eigenvalue weighted by atomic mass is 10.3. The summed E-state index contributed by atoms with van der Waals surface area (Å²) in [6.07, 6.45) is 0. The van der Waals surface area contributed by atoms with Crippen LogP contribution in [0.25, 0.3) is 0 Å². The van der Waals surface area contributed by atoms with Crippen molar-refractivity contribution in [2.75, 3.05) is 17.4 Å². The van der Waals surface area contributed by atoms with E-state index in [0.717, 1.165) is 0 Å². The van der Waals surface area contributed by atoms with Gasteiger partial charge in [0, 0.05) is 23.3 Å². The van der Waals surface area contributed by atoms with Gasteiger partial charge in [-0.15, -0.1) is 0 Å². The molecule has 23 heavy (non-hydrogen) atoms. The van der Waals surface area contributed by atoms with Crippen LogP contribution in [-0.2, 0) is 4.79 Å². The molecule has 3 N–H and O–H groups in total. The SMILES string of the molecule is CC(=O)Nc1cccc(NC(=O)NCOc2ccc(Cl)cc2)c1. The van der Waals surface area contributed by atoms with Gasteiger partial charge in [0.1, 0.15) is 5.75 Å². The van der Waals surface area contributed by atoms with E-state index in [0.29, 0.717) is 22.1 Å². The van der Waals surface area contributed by atoms with Crippen molar-refractivity contribution in [3.05, 3.63) is 53.6 Å². The molecule has 0 saturated heterocycles. The van der Waals surface area contributed by atoms with E-state index < -0.39 is 6.03 Å². The van der Waals surface area contributed by atoms with Gasteiger partial charge in [0.05, 0.1) is 0 Å². The topological polar surface area (TPSA) is 79.5 Å². The third-order valence-electron chi connectivity index (χ3n) is 2.73. The number of carbonyl (C=O) groups excluding carboxylic acids is 2. The molecule has 2 rings (SSSR count). The summed E-state index contributed by atoms with van der Waals surface area (Å²) < 4.78 is 5.36. The average Bonchev–Trinajstić information content (AvgIpc) is 2.49. The molecule has 0 unspecified atom stereocenters. The van der Waals surface area contributed by atoms with Crippen LogP contribution in [-0.4, -0.2) is 18.7 Å². The summed E-state index contributed by atoms with van der Waals surface area (Å²) in [5, 5.41) is 8.46. The summed E-state index contributed by atoms with van der Waals surface area (Å²) in [5.74, 6) is 0.422. The van der Waals surface area contributed by atoms with Gasteiger partial charge in [0.25, 0.3) is 0 Å². The summed E-state index contributed by atoms with van der Waals surface area (Å²) in [6, 6.07) is 13.2. The van der Waals surface area contributed by atoms with Crippen LogP contribution in [0.4, 0.5) is 16.2 Å². The Bertz CT molecular complexity index is 689. The zero-order valence-corrected chi connectivity index (χ0v) is 13.2. The maximum absolute atomic E-state index is 11.8. The molecule has 0 aliphatic heterocycles. The fraction of sp³-hybridized carbons (Fsp3) is 0.125. The van der Waals surface area contributed by atoms with Gasteiger partial charge >= 0.3 is 6.03 Å². The smallest absolute Gasteiger partial charge is 0.321 e.